The second-order valence-electron chi connectivity index (χ2n) is 6.04. The molecule has 1 heterocycles. The van der Waals surface area contributed by atoms with Crippen molar-refractivity contribution in [3.05, 3.63) is 50.6 Å². The molecule has 3 rings (SSSR count). The Bertz CT molecular complexity index is 836. The first-order valence-electron chi connectivity index (χ1n) is 8.32. The normalized spacial score (nSPS) is 14.0. The van der Waals surface area contributed by atoms with E-state index in [-0.39, 0.29) is 23.4 Å². The van der Waals surface area contributed by atoms with Gasteiger partial charge in [-0.05, 0) is 64.7 Å². The van der Waals surface area contributed by atoms with Crippen LogP contribution in [-0.4, -0.2) is 30.6 Å². The van der Waals surface area contributed by atoms with Gasteiger partial charge in [0, 0.05) is 23.5 Å². The zero-order valence-electron chi connectivity index (χ0n) is 14.5. The second kappa shape index (κ2) is 8.84. The number of hydrogen-bond donors (Lipinski definition) is 0. The quantitative estimate of drug-likeness (QED) is 0.503. The van der Waals surface area contributed by atoms with Gasteiger partial charge in [0.1, 0.15) is 0 Å². The predicted molar refractivity (Wildman–Crippen MR) is 104 cm³/mol. The van der Waals surface area contributed by atoms with Gasteiger partial charge in [0.05, 0.1) is 10.9 Å². The predicted octanol–water partition coefficient (Wildman–Crippen LogP) is 5.33. The third-order valence-electron chi connectivity index (χ3n) is 4.05. The lowest BCUT2D eigenvalue weighted by molar-refractivity contribution is -0.127. The molecule has 0 radical (unpaired) electrons. The zero-order valence-corrected chi connectivity index (χ0v) is 16.9. The van der Waals surface area contributed by atoms with Crippen LogP contribution in [0.2, 0.25) is 0 Å². The second-order valence-corrected chi connectivity index (χ2v) is 8.53. The average Bonchev–Trinajstić information content (AvgIpc) is 3.39. The molecule has 0 N–H and O–H groups in total. The number of carbonyl (C=O) groups is 1. The Morgan fingerprint density at radius 2 is 2.11 bits per heavy atom. The highest BCUT2D eigenvalue weighted by atomic mass is 79.9. The van der Waals surface area contributed by atoms with Gasteiger partial charge in [-0.2, -0.15) is 8.78 Å². The molecule has 0 saturated heterocycles. The Morgan fingerprint density at radius 1 is 1.33 bits per heavy atom. The molecule has 1 aliphatic rings. The molecule has 1 amide bonds. The molecule has 1 aliphatic carbocycles. The topological polar surface area (TPSA) is 38.8 Å². The highest BCUT2D eigenvalue weighted by molar-refractivity contribution is 9.11. The fraction of sp³-hybridized carbons (Fsp3) is 0.316. The summed E-state index contributed by atoms with van der Waals surface area (Å²) >= 11 is 4.95. The Kier molecular flexibility index (Phi) is 6.49. The molecule has 1 aromatic carbocycles. The van der Waals surface area contributed by atoms with E-state index in [2.05, 4.69) is 20.7 Å². The van der Waals surface area contributed by atoms with Gasteiger partial charge in [-0.25, -0.2) is 0 Å². The van der Waals surface area contributed by atoms with E-state index in [4.69, 9.17) is 4.74 Å². The monoisotopic (exact) mass is 457 g/mol. The maximum Gasteiger partial charge on any atom is 0.387 e. The van der Waals surface area contributed by atoms with Crippen LogP contribution < -0.4 is 9.47 Å². The summed E-state index contributed by atoms with van der Waals surface area (Å²) in [5.41, 5.74) is 0.793. The number of benzene rings is 1. The van der Waals surface area contributed by atoms with Crippen molar-refractivity contribution in [1.82, 2.24) is 4.90 Å². The Labute approximate surface area is 168 Å². The molecular weight excluding hydrogens is 440 g/mol. The van der Waals surface area contributed by atoms with E-state index >= 15 is 0 Å². The Hall–Kier alpha value is -1.93. The van der Waals surface area contributed by atoms with E-state index in [0.29, 0.717) is 6.54 Å². The van der Waals surface area contributed by atoms with Gasteiger partial charge in [-0.15, -0.1) is 11.3 Å². The number of nitrogens with zero attached hydrogens (tertiary/aromatic N) is 1. The largest absolute Gasteiger partial charge is 0.493 e. The van der Waals surface area contributed by atoms with Gasteiger partial charge in [-0.1, -0.05) is 6.07 Å². The number of rotatable bonds is 8. The fourth-order valence-corrected chi connectivity index (χ4v) is 3.97. The smallest absolute Gasteiger partial charge is 0.387 e. The molecule has 8 heteroatoms. The molecule has 0 atom stereocenters. The van der Waals surface area contributed by atoms with Gasteiger partial charge >= 0.3 is 6.61 Å². The minimum absolute atomic E-state index is 0.0243. The first-order valence-corrected chi connectivity index (χ1v) is 9.93. The summed E-state index contributed by atoms with van der Waals surface area (Å²) in [6, 6.07) is 8.81. The van der Waals surface area contributed by atoms with Crippen LogP contribution in [0, 0.1) is 0 Å². The van der Waals surface area contributed by atoms with Crippen LogP contribution in [0.25, 0.3) is 6.08 Å². The molecule has 4 nitrogen and oxygen atoms in total. The maximum atomic E-state index is 12.7. The molecule has 0 aliphatic heterocycles. The van der Waals surface area contributed by atoms with Crippen molar-refractivity contribution in [2.75, 3.05) is 7.11 Å². The summed E-state index contributed by atoms with van der Waals surface area (Å²) in [7, 11) is 1.39. The van der Waals surface area contributed by atoms with E-state index in [1.54, 1.807) is 40.5 Å². The van der Waals surface area contributed by atoms with Crippen LogP contribution in [-0.2, 0) is 11.3 Å². The highest BCUT2D eigenvalue weighted by Gasteiger charge is 2.31. The van der Waals surface area contributed by atoms with Gasteiger partial charge in [0.25, 0.3) is 0 Å². The third-order valence-corrected chi connectivity index (χ3v) is 5.64. The van der Waals surface area contributed by atoms with Gasteiger partial charge in [0.2, 0.25) is 5.91 Å². The van der Waals surface area contributed by atoms with Crippen molar-refractivity contribution in [2.45, 2.75) is 32.0 Å². The first-order chi connectivity index (χ1) is 13.0. The molecule has 27 heavy (non-hydrogen) atoms. The van der Waals surface area contributed by atoms with Crippen molar-refractivity contribution in [3.8, 4) is 11.5 Å². The zero-order chi connectivity index (χ0) is 19.4. The maximum absolute atomic E-state index is 12.7. The van der Waals surface area contributed by atoms with Crippen LogP contribution in [0.1, 0.15) is 23.3 Å². The van der Waals surface area contributed by atoms with Crippen LogP contribution in [0.5, 0.6) is 11.5 Å². The molecule has 144 valence electrons. The summed E-state index contributed by atoms with van der Waals surface area (Å²) in [4.78, 5) is 15.4. The van der Waals surface area contributed by atoms with E-state index in [0.717, 1.165) is 27.1 Å². The SMILES string of the molecule is COc1cc(CN(C(=O)/C=C/c2ccc(Br)s2)C2CC2)ccc1OC(F)F. The van der Waals surface area contributed by atoms with Crippen molar-refractivity contribution in [1.29, 1.82) is 0 Å². The lowest BCUT2D eigenvalue weighted by Crippen LogP contribution is -2.31. The third kappa shape index (κ3) is 5.52. The van der Waals surface area contributed by atoms with Gasteiger partial charge in [-0.3, -0.25) is 4.79 Å². The summed E-state index contributed by atoms with van der Waals surface area (Å²) < 4.78 is 35.5. The number of ether oxygens (including phenoxy) is 2. The lowest BCUT2D eigenvalue weighted by Gasteiger charge is -2.21. The van der Waals surface area contributed by atoms with E-state index in [1.165, 1.54) is 13.2 Å². The van der Waals surface area contributed by atoms with Crippen molar-refractivity contribution >= 4 is 39.2 Å². The highest BCUT2D eigenvalue weighted by Crippen LogP contribution is 2.33. The van der Waals surface area contributed by atoms with Crippen molar-refractivity contribution < 1.29 is 23.0 Å². The molecule has 0 unspecified atom stereocenters. The number of thiophene rings is 1. The number of alkyl halides is 2. The van der Waals surface area contributed by atoms with E-state index < -0.39 is 6.61 Å². The first kappa shape index (κ1) is 19.8. The minimum atomic E-state index is -2.92. The number of carbonyl (C=O) groups excluding carboxylic acids is 1. The summed E-state index contributed by atoms with van der Waals surface area (Å²) in [6.07, 6.45) is 5.30. The Morgan fingerprint density at radius 3 is 2.70 bits per heavy atom. The number of amides is 1. The fourth-order valence-electron chi connectivity index (χ4n) is 2.64. The molecule has 0 spiro atoms. The minimum Gasteiger partial charge on any atom is -0.493 e. The van der Waals surface area contributed by atoms with Crippen molar-refractivity contribution in [3.63, 3.8) is 0 Å². The van der Waals surface area contributed by atoms with Crippen LogP contribution in [0.4, 0.5) is 8.78 Å². The lowest BCUT2D eigenvalue weighted by atomic mass is 10.1. The van der Waals surface area contributed by atoms with E-state index in [1.807, 2.05) is 12.1 Å². The van der Waals surface area contributed by atoms with Gasteiger partial charge in [0.15, 0.2) is 11.5 Å². The van der Waals surface area contributed by atoms with E-state index in [9.17, 15) is 13.6 Å². The standard InChI is InChI=1S/C19H18BrF2NO3S/c1-25-16-10-12(2-7-15(16)26-19(21)22)11-23(13-3-4-13)18(24)9-6-14-5-8-17(20)27-14/h2,5-10,13,19H,3-4,11H2,1H3/b9-6+. The summed E-state index contributed by atoms with van der Waals surface area (Å²) in [5.74, 6) is 0.118. The van der Waals surface area contributed by atoms with Crippen LogP contribution in [0.3, 0.4) is 0 Å². The van der Waals surface area contributed by atoms with Crippen molar-refractivity contribution in [2.24, 2.45) is 0 Å². The molecule has 1 aromatic heterocycles. The molecule has 2 aromatic rings. The summed E-state index contributed by atoms with van der Waals surface area (Å²) in [6.45, 7) is -2.54. The molecule has 1 saturated carbocycles. The molecule has 1 fully saturated rings. The number of hydrogen-bond acceptors (Lipinski definition) is 4. The Balaban J connectivity index is 1.72. The average molecular weight is 458 g/mol. The molecule has 0 bridgehead atoms. The molecular formula is C19H18BrF2NO3S. The van der Waals surface area contributed by atoms with Crippen LogP contribution in [0.15, 0.2) is 40.2 Å². The number of halogens is 3. The van der Waals surface area contributed by atoms with Gasteiger partial charge < -0.3 is 14.4 Å². The van der Waals surface area contributed by atoms with Crippen LogP contribution >= 0.6 is 27.3 Å². The number of methoxy groups -OCH3 is 1. The summed E-state index contributed by atoms with van der Waals surface area (Å²) in [5, 5.41) is 0.